The number of carboxylic acid groups (broad SMARTS) is 1. The van der Waals surface area contributed by atoms with Crippen molar-refractivity contribution in [2.75, 3.05) is 13.6 Å². The summed E-state index contributed by atoms with van der Waals surface area (Å²) in [5, 5.41) is 8.65. The van der Waals surface area contributed by atoms with Gasteiger partial charge in [0.15, 0.2) is 0 Å². The summed E-state index contributed by atoms with van der Waals surface area (Å²) in [6.45, 7) is 7.31. The Balaban J connectivity index is 2.60. The monoisotopic (exact) mass is 154 g/mol. The van der Waals surface area contributed by atoms with E-state index < -0.39 is 12.0 Å². The largest absolute Gasteiger partial charge is 0.480 e. The van der Waals surface area contributed by atoms with Crippen LogP contribution in [0.5, 0.6) is 0 Å². The van der Waals surface area contributed by atoms with Gasteiger partial charge in [-0.25, -0.2) is 6.57 Å². The summed E-state index contributed by atoms with van der Waals surface area (Å²) >= 11 is 0. The highest BCUT2D eigenvalue weighted by molar-refractivity contribution is 5.74. The Morgan fingerprint density at radius 1 is 1.82 bits per heavy atom. The van der Waals surface area contributed by atoms with E-state index in [9.17, 15) is 4.79 Å². The first-order valence-corrected chi connectivity index (χ1v) is 3.44. The van der Waals surface area contributed by atoms with Crippen LogP contribution in [0.3, 0.4) is 0 Å². The van der Waals surface area contributed by atoms with E-state index in [2.05, 4.69) is 4.85 Å². The van der Waals surface area contributed by atoms with E-state index in [-0.39, 0.29) is 6.04 Å². The van der Waals surface area contributed by atoms with Crippen molar-refractivity contribution in [3.8, 4) is 0 Å². The average Bonchev–Trinajstić information content (AvgIpc) is 2.30. The molecule has 1 aliphatic heterocycles. The molecule has 11 heavy (non-hydrogen) atoms. The molecule has 0 amide bonds. The maximum absolute atomic E-state index is 10.5. The Labute approximate surface area is 65.2 Å². The summed E-state index contributed by atoms with van der Waals surface area (Å²) < 4.78 is 0. The molecule has 0 spiro atoms. The first-order chi connectivity index (χ1) is 5.15. The van der Waals surface area contributed by atoms with Crippen molar-refractivity contribution < 1.29 is 9.90 Å². The Bertz CT molecular complexity index is 209. The lowest BCUT2D eigenvalue weighted by Crippen LogP contribution is -2.32. The second-order valence-corrected chi connectivity index (χ2v) is 2.81. The van der Waals surface area contributed by atoms with Crippen LogP contribution < -0.4 is 0 Å². The zero-order valence-corrected chi connectivity index (χ0v) is 6.32. The lowest BCUT2D eigenvalue weighted by atomic mass is 10.2. The number of carboxylic acids is 1. The second kappa shape index (κ2) is 2.89. The van der Waals surface area contributed by atoms with E-state index in [4.69, 9.17) is 11.7 Å². The topological polar surface area (TPSA) is 44.9 Å². The molecule has 1 fully saturated rings. The lowest BCUT2D eigenvalue weighted by molar-refractivity contribution is -0.141. The van der Waals surface area contributed by atoms with Crippen LogP contribution in [0, 0.1) is 6.57 Å². The molecule has 4 heteroatoms. The summed E-state index contributed by atoms with van der Waals surface area (Å²) in [6, 6.07) is -0.574. The molecule has 0 aromatic rings. The number of hydrogen-bond donors (Lipinski definition) is 1. The molecule has 0 bridgehead atoms. The predicted octanol–water partition coefficient (Wildman–Crippen LogP) is 0.0630. The molecule has 2 atom stereocenters. The molecule has 60 valence electrons. The molecule has 1 rings (SSSR count). The van der Waals surface area contributed by atoms with Gasteiger partial charge in [-0.15, -0.1) is 0 Å². The van der Waals surface area contributed by atoms with Crippen LogP contribution in [0.4, 0.5) is 0 Å². The zero-order chi connectivity index (χ0) is 8.43. The molecule has 0 aromatic heterocycles. The fourth-order valence-electron chi connectivity index (χ4n) is 1.35. The van der Waals surface area contributed by atoms with Crippen molar-refractivity contribution in [1.82, 2.24) is 4.90 Å². The van der Waals surface area contributed by atoms with Crippen LogP contribution in [-0.2, 0) is 4.79 Å². The summed E-state index contributed by atoms with van der Waals surface area (Å²) in [6.07, 6.45) is 0.468. The average molecular weight is 154 g/mol. The molecular weight excluding hydrogens is 144 g/mol. The highest BCUT2D eigenvalue weighted by atomic mass is 16.4. The number of hydrogen-bond acceptors (Lipinski definition) is 2. The smallest absolute Gasteiger partial charge is 0.321 e. The molecule has 0 aliphatic carbocycles. The third-order valence-corrected chi connectivity index (χ3v) is 1.99. The van der Waals surface area contributed by atoms with Crippen molar-refractivity contribution in [1.29, 1.82) is 0 Å². The molecule has 0 radical (unpaired) electrons. The number of carbonyl (C=O) groups is 1. The molecular formula is C7H10N2O2. The molecule has 1 N–H and O–H groups in total. The van der Waals surface area contributed by atoms with Crippen molar-refractivity contribution in [2.24, 2.45) is 0 Å². The Hall–Kier alpha value is -1.08. The SMILES string of the molecule is [C-]#[N+][C@H]1C[C@@H](C(=O)O)N(C)C1. The molecule has 0 aromatic carbocycles. The van der Waals surface area contributed by atoms with E-state index in [0.717, 1.165) is 0 Å². The Kier molecular flexibility index (Phi) is 2.11. The van der Waals surface area contributed by atoms with Gasteiger partial charge < -0.3 is 9.95 Å². The summed E-state index contributed by atoms with van der Waals surface area (Å²) in [5.74, 6) is -0.821. The van der Waals surface area contributed by atoms with Crippen molar-refractivity contribution in [3.05, 3.63) is 11.4 Å². The Morgan fingerprint density at radius 2 is 2.45 bits per heavy atom. The standard InChI is InChI=1S/C7H10N2O2/c1-8-5-3-6(7(10)11)9(2)4-5/h5-6H,3-4H2,2H3,(H,10,11)/t5-,6-/m0/s1. The quantitative estimate of drug-likeness (QED) is 0.543. The van der Waals surface area contributed by atoms with Crippen LogP contribution in [-0.4, -0.2) is 41.7 Å². The fourth-order valence-corrected chi connectivity index (χ4v) is 1.35. The van der Waals surface area contributed by atoms with Crippen molar-refractivity contribution in [2.45, 2.75) is 18.5 Å². The second-order valence-electron chi connectivity index (χ2n) is 2.81. The van der Waals surface area contributed by atoms with Gasteiger partial charge in [0.2, 0.25) is 6.04 Å². The molecule has 0 unspecified atom stereocenters. The van der Waals surface area contributed by atoms with E-state index in [1.165, 1.54) is 0 Å². The minimum absolute atomic E-state index is 0.124. The van der Waals surface area contributed by atoms with Crippen LogP contribution >= 0.6 is 0 Å². The number of nitrogens with zero attached hydrogens (tertiary/aromatic N) is 2. The van der Waals surface area contributed by atoms with Gasteiger partial charge in [-0.1, -0.05) is 0 Å². The summed E-state index contributed by atoms with van der Waals surface area (Å²) in [7, 11) is 1.74. The van der Waals surface area contributed by atoms with Crippen LogP contribution in [0.25, 0.3) is 4.85 Å². The highest BCUT2D eigenvalue weighted by Gasteiger charge is 2.37. The van der Waals surface area contributed by atoms with Crippen molar-refractivity contribution in [3.63, 3.8) is 0 Å². The van der Waals surface area contributed by atoms with E-state index >= 15 is 0 Å². The van der Waals surface area contributed by atoms with Gasteiger partial charge in [-0.05, 0) is 7.05 Å². The molecule has 4 nitrogen and oxygen atoms in total. The van der Waals surface area contributed by atoms with E-state index in [1.54, 1.807) is 11.9 Å². The Morgan fingerprint density at radius 3 is 2.73 bits per heavy atom. The van der Waals surface area contributed by atoms with Crippen molar-refractivity contribution >= 4 is 5.97 Å². The van der Waals surface area contributed by atoms with Crippen LogP contribution in [0.2, 0.25) is 0 Å². The number of likely N-dealkylation sites (N-methyl/N-ethyl adjacent to an activating group) is 1. The number of rotatable bonds is 1. The highest BCUT2D eigenvalue weighted by Crippen LogP contribution is 2.18. The van der Waals surface area contributed by atoms with Gasteiger partial charge in [0.1, 0.15) is 6.04 Å². The van der Waals surface area contributed by atoms with Gasteiger partial charge in [0, 0.05) is 0 Å². The van der Waals surface area contributed by atoms with Gasteiger partial charge in [-0.3, -0.25) is 9.69 Å². The fraction of sp³-hybridized carbons (Fsp3) is 0.714. The van der Waals surface area contributed by atoms with Crippen LogP contribution in [0.15, 0.2) is 0 Å². The molecule has 0 saturated carbocycles. The van der Waals surface area contributed by atoms with E-state index in [1.807, 2.05) is 0 Å². The normalized spacial score (nSPS) is 31.6. The van der Waals surface area contributed by atoms with Gasteiger partial charge >= 0.3 is 5.97 Å². The summed E-state index contributed by atoms with van der Waals surface area (Å²) in [5.41, 5.74) is 0. The van der Waals surface area contributed by atoms with Crippen LogP contribution in [0.1, 0.15) is 6.42 Å². The molecule has 1 saturated heterocycles. The minimum Gasteiger partial charge on any atom is -0.480 e. The number of likely N-dealkylation sites (tertiary alicyclic amines) is 1. The molecule has 1 heterocycles. The third kappa shape index (κ3) is 1.49. The maximum atomic E-state index is 10.5. The molecule has 1 aliphatic rings. The number of aliphatic carboxylic acids is 1. The first kappa shape index (κ1) is 8.02. The van der Waals surface area contributed by atoms with Gasteiger partial charge in [0.25, 0.3) is 0 Å². The first-order valence-electron chi connectivity index (χ1n) is 3.44. The summed E-state index contributed by atoms with van der Waals surface area (Å²) in [4.78, 5) is 15.6. The van der Waals surface area contributed by atoms with E-state index in [0.29, 0.717) is 13.0 Å². The maximum Gasteiger partial charge on any atom is 0.321 e. The zero-order valence-electron chi connectivity index (χ0n) is 6.32. The third-order valence-electron chi connectivity index (χ3n) is 1.99. The van der Waals surface area contributed by atoms with Gasteiger partial charge in [-0.2, -0.15) is 0 Å². The minimum atomic E-state index is -0.821. The lowest BCUT2D eigenvalue weighted by Gasteiger charge is -2.11. The predicted molar refractivity (Wildman–Crippen MR) is 39.1 cm³/mol. The van der Waals surface area contributed by atoms with Gasteiger partial charge in [0.05, 0.1) is 13.0 Å².